The molecule has 25 heavy (non-hydrogen) atoms. The zero-order valence-electron chi connectivity index (χ0n) is 14.4. The van der Waals surface area contributed by atoms with E-state index >= 15 is 0 Å². The van der Waals surface area contributed by atoms with Gasteiger partial charge in [-0.3, -0.25) is 4.90 Å². The van der Waals surface area contributed by atoms with Crippen LogP contribution in [0, 0.1) is 5.92 Å². The molecule has 2 N–H and O–H groups in total. The van der Waals surface area contributed by atoms with E-state index in [-0.39, 0.29) is 12.1 Å². The van der Waals surface area contributed by atoms with Crippen LogP contribution >= 0.6 is 0 Å². The van der Waals surface area contributed by atoms with E-state index in [1.165, 1.54) is 22.0 Å². The number of hydrogen-bond donors (Lipinski definition) is 2. The Bertz CT molecular complexity index is 857. The number of para-hydroxylation sites is 1. The molecule has 0 saturated carbocycles. The van der Waals surface area contributed by atoms with Crippen LogP contribution in [0.1, 0.15) is 18.4 Å². The first-order valence-corrected chi connectivity index (χ1v) is 9.37. The summed E-state index contributed by atoms with van der Waals surface area (Å²) in [5.41, 5.74) is 4.87. The normalized spacial score (nSPS) is 28.5. The molecule has 3 aliphatic heterocycles. The number of hydrogen-bond acceptors (Lipinski definition) is 2. The number of nitrogens with one attached hydrogen (secondary N) is 1. The van der Waals surface area contributed by atoms with Crippen molar-refractivity contribution in [3.63, 3.8) is 0 Å². The van der Waals surface area contributed by atoms with Crippen LogP contribution in [-0.2, 0) is 6.42 Å². The Morgan fingerprint density at radius 3 is 2.64 bits per heavy atom. The van der Waals surface area contributed by atoms with Crippen molar-refractivity contribution in [2.75, 3.05) is 13.1 Å². The molecule has 3 aromatic rings. The van der Waals surface area contributed by atoms with E-state index < -0.39 is 0 Å². The third-order valence-electron chi connectivity index (χ3n) is 6.13. The summed E-state index contributed by atoms with van der Waals surface area (Å²) in [4.78, 5) is 6.01. The molecular weight excluding hydrogens is 308 g/mol. The van der Waals surface area contributed by atoms with Gasteiger partial charge in [0.2, 0.25) is 0 Å². The molecule has 4 heterocycles. The van der Waals surface area contributed by atoms with Crippen molar-refractivity contribution in [2.45, 2.75) is 31.4 Å². The molecule has 3 aliphatic rings. The van der Waals surface area contributed by atoms with E-state index in [1.54, 1.807) is 0 Å². The highest BCUT2D eigenvalue weighted by Gasteiger charge is 2.40. The topological polar surface area (TPSA) is 39.3 Å². The van der Waals surface area contributed by atoms with Crippen molar-refractivity contribution in [1.29, 1.82) is 0 Å². The largest absolute Gasteiger partial charge is 0.391 e. The minimum absolute atomic E-state index is 0.167. The summed E-state index contributed by atoms with van der Waals surface area (Å²) in [5, 5.41) is 11.9. The van der Waals surface area contributed by atoms with E-state index in [0.717, 1.165) is 38.0 Å². The fourth-order valence-corrected chi connectivity index (χ4v) is 4.71. The van der Waals surface area contributed by atoms with Crippen LogP contribution in [0.15, 0.2) is 54.6 Å². The number of piperidine rings is 3. The van der Waals surface area contributed by atoms with Gasteiger partial charge in [-0.2, -0.15) is 0 Å². The highest BCUT2D eigenvalue weighted by Crippen LogP contribution is 2.34. The molecule has 0 radical (unpaired) electrons. The lowest BCUT2D eigenvalue weighted by atomic mass is 9.78. The van der Waals surface area contributed by atoms with E-state index in [9.17, 15) is 5.11 Å². The SMILES string of the molecule is OC1C2CCN(CC2)C1Cc1cccc(-c2cc3ccccc3[nH]2)c1. The van der Waals surface area contributed by atoms with E-state index in [1.807, 2.05) is 0 Å². The molecule has 0 amide bonds. The minimum atomic E-state index is -0.167. The van der Waals surface area contributed by atoms with Crippen LogP contribution in [0.5, 0.6) is 0 Å². The van der Waals surface area contributed by atoms with Crippen LogP contribution < -0.4 is 0 Å². The molecular formula is C22H24N2O. The van der Waals surface area contributed by atoms with Crippen molar-refractivity contribution in [3.8, 4) is 11.3 Å². The van der Waals surface area contributed by atoms with E-state index in [0.29, 0.717) is 5.92 Å². The molecule has 128 valence electrons. The van der Waals surface area contributed by atoms with Gasteiger partial charge in [-0.05, 0) is 67.6 Å². The van der Waals surface area contributed by atoms with Crippen molar-refractivity contribution in [3.05, 3.63) is 60.2 Å². The first kappa shape index (κ1) is 15.2. The molecule has 3 saturated heterocycles. The second kappa shape index (κ2) is 6.01. The van der Waals surface area contributed by atoms with Gasteiger partial charge in [0.05, 0.1) is 6.10 Å². The van der Waals surface area contributed by atoms with Gasteiger partial charge < -0.3 is 10.1 Å². The number of H-pyrrole nitrogens is 1. The number of benzene rings is 2. The highest BCUT2D eigenvalue weighted by molar-refractivity contribution is 5.85. The van der Waals surface area contributed by atoms with Gasteiger partial charge in [-0.25, -0.2) is 0 Å². The summed E-state index contributed by atoms with van der Waals surface area (Å²) in [6.07, 6.45) is 3.09. The van der Waals surface area contributed by atoms with Crippen molar-refractivity contribution in [2.24, 2.45) is 5.92 Å². The van der Waals surface area contributed by atoms with Crippen molar-refractivity contribution in [1.82, 2.24) is 9.88 Å². The van der Waals surface area contributed by atoms with Crippen LogP contribution in [-0.4, -0.2) is 40.2 Å². The molecule has 1 aromatic heterocycles. The maximum absolute atomic E-state index is 10.7. The van der Waals surface area contributed by atoms with Crippen LogP contribution in [0.3, 0.4) is 0 Å². The maximum Gasteiger partial charge on any atom is 0.0727 e. The Morgan fingerprint density at radius 1 is 1.00 bits per heavy atom. The number of aromatic amines is 1. The quantitative estimate of drug-likeness (QED) is 0.765. The van der Waals surface area contributed by atoms with Crippen molar-refractivity contribution < 1.29 is 5.11 Å². The molecule has 2 unspecified atom stereocenters. The van der Waals surface area contributed by atoms with Gasteiger partial charge >= 0.3 is 0 Å². The molecule has 2 atom stereocenters. The van der Waals surface area contributed by atoms with Gasteiger partial charge in [0.25, 0.3) is 0 Å². The van der Waals surface area contributed by atoms with Gasteiger partial charge in [-0.15, -0.1) is 0 Å². The molecule has 3 heteroatoms. The first-order valence-electron chi connectivity index (χ1n) is 9.37. The fourth-order valence-electron chi connectivity index (χ4n) is 4.71. The number of rotatable bonds is 3. The van der Waals surface area contributed by atoms with E-state index in [4.69, 9.17) is 0 Å². The monoisotopic (exact) mass is 332 g/mol. The molecule has 0 spiro atoms. The lowest BCUT2D eigenvalue weighted by Gasteiger charge is -2.49. The molecule has 0 aliphatic carbocycles. The van der Waals surface area contributed by atoms with E-state index in [2.05, 4.69) is 64.5 Å². The summed E-state index contributed by atoms with van der Waals surface area (Å²) in [6.45, 7) is 2.29. The summed E-state index contributed by atoms with van der Waals surface area (Å²) >= 11 is 0. The first-order chi connectivity index (χ1) is 12.3. The Morgan fingerprint density at radius 2 is 1.84 bits per heavy atom. The zero-order chi connectivity index (χ0) is 16.8. The second-order valence-electron chi connectivity index (χ2n) is 7.61. The zero-order valence-corrected chi connectivity index (χ0v) is 14.4. The summed E-state index contributed by atoms with van der Waals surface area (Å²) < 4.78 is 0. The molecule has 2 aromatic carbocycles. The second-order valence-corrected chi connectivity index (χ2v) is 7.61. The Balaban J connectivity index is 1.43. The number of nitrogens with zero attached hydrogens (tertiary/aromatic N) is 1. The predicted molar refractivity (Wildman–Crippen MR) is 102 cm³/mol. The Hall–Kier alpha value is -2.10. The average molecular weight is 332 g/mol. The predicted octanol–water partition coefficient (Wildman–Crippen LogP) is 3.83. The molecule has 3 nitrogen and oxygen atoms in total. The number of fused-ring (bicyclic) bond motifs is 4. The number of aliphatic hydroxyl groups excluding tert-OH is 1. The fraction of sp³-hybridized carbons (Fsp3) is 0.364. The maximum atomic E-state index is 10.7. The van der Waals surface area contributed by atoms with Gasteiger partial charge in [0, 0.05) is 22.6 Å². The lowest BCUT2D eigenvalue weighted by Crippen LogP contribution is -2.58. The Kier molecular flexibility index (Phi) is 3.65. The van der Waals surface area contributed by atoms with Gasteiger partial charge in [-0.1, -0.05) is 36.4 Å². The van der Waals surface area contributed by atoms with Gasteiger partial charge in [0.1, 0.15) is 0 Å². The number of aliphatic hydroxyl groups is 1. The van der Waals surface area contributed by atoms with Crippen LogP contribution in [0.25, 0.3) is 22.2 Å². The summed E-state index contributed by atoms with van der Waals surface area (Å²) in [7, 11) is 0. The highest BCUT2D eigenvalue weighted by atomic mass is 16.3. The molecule has 6 rings (SSSR count). The smallest absolute Gasteiger partial charge is 0.0727 e. The average Bonchev–Trinajstić information content (AvgIpc) is 3.10. The summed E-state index contributed by atoms with van der Waals surface area (Å²) in [5.74, 6) is 0.506. The van der Waals surface area contributed by atoms with Crippen molar-refractivity contribution >= 4 is 10.9 Å². The molecule has 2 bridgehead atoms. The van der Waals surface area contributed by atoms with Crippen LogP contribution in [0.2, 0.25) is 0 Å². The molecule has 3 fully saturated rings. The van der Waals surface area contributed by atoms with Crippen LogP contribution in [0.4, 0.5) is 0 Å². The number of aromatic nitrogens is 1. The third kappa shape index (κ3) is 2.68. The third-order valence-corrected chi connectivity index (χ3v) is 6.13. The Labute approximate surface area is 148 Å². The lowest BCUT2D eigenvalue weighted by molar-refractivity contribution is -0.0715. The standard InChI is InChI=1S/C22H24N2O/c25-22-16-8-10-24(11-9-16)21(22)13-15-4-3-6-17(12-15)20-14-18-5-1-2-7-19(18)23-20/h1-7,12,14,16,21-23,25H,8-11,13H2. The van der Waals surface area contributed by atoms with Gasteiger partial charge in [0.15, 0.2) is 0 Å². The summed E-state index contributed by atoms with van der Waals surface area (Å²) in [6, 6.07) is 19.7. The minimum Gasteiger partial charge on any atom is -0.391 e.